The average molecular weight is 323 g/mol. The lowest BCUT2D eigenvalue weighted by atomic mass is 10.1. The highest BCUT2D eigenvalue weighted by Crippen LogP contribution is 2.34. The first-order valence-electron chi connectivity index (χ1n) is 3.89. The summed E-state index contributed by atoms with van der Waals surface area (Å²) in [5, 5.41) is 1.59. The summed E-state index contributed by atoms with van der Waals surface area (Å²) < 4.78 is 18.3. The lowest BCUT2D eigenvalue weighted by Crippen LogP contribution is -1.83. The second-order valence-corrected chi connectivity index (χ2v) is 3.61. The van der Waals surface area contributed by atoms with Crippen molar-refractivity contribution in [3.8, 4) is 5.75 Å². The molecule has 0 saturated heterocycles. The minimum Gasteiger partial charge on any atom is -0.427 e. The van der Waals surface area contributed by atoms with Crippen LogP contribution in [0.15, 0.2) is 30.3 Å². The molecule has 2 aromatic carbocycles. The maximum absolute atomic E-state index is 13.2. The molecule has 0 fully saturated rings. The fourth-order valence-electron chi connectivity index (χ4n) is 1.34. The summed E-state index contributed by atoms with van der Waals surface area (Å²) in [7, 11) is 0. The minimum atomic E-state index is -0.430. The Labute approximate surface area is 99.5 Å². The van der Waals surface area contributed by atoms with Gasteiger partial charge in [-0.05, 0) is 17.5 Å². The van der Waals surface area contributed by atoms with Crippen LogP contribution < -0.4 is 3.07 Å². The van der Waals surface area contributed by atoms with Crippen LogP contribution in [-0.2, 0) is 0 Å². The van der Waals surface area contributed by atoms with Crippen molar-refractivity contribution in [1.82, 2.24) is 0 Å². The molecule has 0 bridgehead atoms. The minimum absolute atomic E-state index is 0.106. The summed E-state index contributed by atoms with van der Waals surface area (Å²) in [6, 6.07) is 8.47. The Morgan fingerprint density at radius 2 is 2.00 bits per heavy atom. The third kappa shape index (κ3) is 1.54. The van der Waals surface area contributed by atoms with Gasteiger partial charge in [-0.25, -0.2) is 4.39 Å². The van der Waals surface area contributed by atoms with E-state index < -0.39 is 5.82 Å². The van der Waals surface area contributed by atoms with Crippen LogP contribution in [-0.4, -0.2) is 0 Å². The SMILES string of the molecule is Fc1ccc2cccc(OI)c2c1Cl. The van der Waals surface area contributed by atoms with Crippen molar-refractivity contribution in [3.63, 3.8) is 0 Å². The zero-order chi connectivity index (χ0) is 10.1. The monoisotopic (exact) mass is 322 g/mol. The topological polar surface area (TPSA) is 9.23 Å². The molecule has 0 aliphatic heterocycles. The summed E-state index contributed by atoms with van der Waals surface area (Å²) in [6.45, 7) is 0. The number of hydrogen-bond donors (Lipinski definition) is 0. The highest BCUT2D eigenvalue weighted by molar-refractivity contribution is 14.1. The molecule has 0 amide bonds. The van der Waals surface area contributed by atoms with E-state index in [-0.39, 0.29) is 5.02 Å². The molecule has 0 radical (unpaired) electrons. The van der Waals surface area contributed by atoms with Crippen molar-refractivity contribution in [2.24, 2.45) is 0 Å². The fraction of sp³-hybridized carbons (Fsp3) is 0. The standard InChI is InChI=1S/C10H5ClFIO/c11-10-7(12)5-4-6-2-1-3-8(14-13)9(6)10/h1-5H. The van der Waals surface area contributed by atoms with E-state index >= 15 is 0 Å². The van der Waals surface area contributed by atoms with E-state index in [1.54, 1.807) is 35.1 Å². The van der Waals surface area contributed by atoms with Crippen LogP contribution in [0.5, 0.6) is 5.75 Å². The Kier molecular flexibility index (Phi) is 2.78. The number of rotatable bonds is 1. The molecule has 1 nitrogen and oxygen atoms in total. The molecule has 0 unspecified atom stereocenters. The summed E-state index contributed by atoms with van der Waals surface area (Å²) in [5.41, 5.74) is 0. The van der Waals surface area contributed by atoms with Crippen molar-refractivity contribution < 1.29 is 7.46 Å². The number of halogens is 3. The van der Waals surface area contributed by atoms with E-state index in [4.69, 9.17) is 14.7 Å². The maximum atomic E-state index is 13.2. The Balaban J connectivity index is 2.89. The number of hydrogen-bond acceptors (Lipinski definition) is 1. The van der Waals surface area contributed by atoms with Gasteiger partial charge in [0.05, 0.1) is 5.02 Å². The maximum Gasteiger partial charge on any atom is 0.192 e. The average Bonchev–Trinajstić information content (AvgIpc) is 2.23. The largest absolute Gasteiger partial charge is 0.427 e. The van der Waals surface area contributed by atoms with Gasteiger partial charge in [0, 0.05) is 5.39 Å². The zero-order valence-electron chi connectivity index (χ0n) is 6.93. The first-order chi connectivity index (χ1) is 6.74. The van der Waals surface area contributed by atoms with E-state index in [1.807, 2.05) is 12.1 Å². The van der Waals surface area contributed by atoms with Gasteiger partial charge < -0.3 is 3.07 Å². The van der Waals surface area contributed by atoms with Gasteiger partial charge in [0.15, 0.2) is 23.0 Å². The molecule has 2 rings (SSSR count). The second kappa shape index (κ2) is 3.90. The Bertz CT molecular complexity index is 487. The summed E-state index contributed by atoms with van der Waals surface area (Å²) in [6.07, 6.45) is 0. The van der Waals surface area contributed by atoms with Crippen molar-refractivity contribution in [2.75, 3.05) is 0 Å². The summed E-state index contributed by atoms with van der Waals surface area (Å²) in [5.74, 6) is 0.146. The molecule has 0 spiro atoms. The first-order valence-corrected chi connectivity index (χ1v) is 5.15. The smallest absolute Gasteiger partial charge is 0.192 e. The highest BCUT2D eigenvalue weighted by Gasteiger charge is 2.09. The summed E-state index contributed by atoms with van der Waals surface area (Å²) >= 11 is 7.60. The van der Waals surface area contributed by atoms with Crippen LogP contribution >= 0.6 is 34.6 Å². The van der Waals surface area contributed by atoms with Gasteiger partial charge in [0.25, 0.3) is 0 Å². The molecule has 0 aliphatic carbocycles. The Morgan fingerprint density at radius 3 is 2.71 bits per heavy atom. The molecule has 72 valence electrons. The highest BCUT2D eigenvalue weighted by atomic mass is 127. The van der Waals surface area contributed by atoms with Crippen molar-refractivity contribution in [2.45, 2.75) is 0 Å². The van der Waals surface area contributed by atoms with Crippen molar-refractivity contribution in [1.29, 1.82) is 0 Å². The molecule has 14 heavy (non-hydrogen) atoms. The normalized spacial score (nSPS) is 10.5. The quantitative estimate of drug-likeness (QED) is 0.709. The Hall–Kier alpha value is -0.550. The van der Waals surface area contributed by atoms with Gasteiger partial charge in [0.1, 0.15) is 11.6 Å². The van der Waals surface area contributed by atoms with Crippen LogP contribution in [0, 0.1) is 5.82 Å². The van der Waals surface area contributed by atoms with Gasteiger partial charge in [-0.2, -0.15) is 0 Å². The van der Waals surface area contributed by atoms with Crippen LogP contribution in [0.1, 0.15) is 0 Å². The van der Waals surface area contributed by atoms with E-state index in [0.29, 0.717) is 11.1 Å². The predicted molar refractivity (Wildman–Crippen MR) is 63.6 cm³/mol. The first kappa shape index (κ1) is 9.98. The van der Waals surface area contributed by atoms with E-state index in [0.717, 1.165) is 5.39 Å². The third-order valence-corrected chi connectivity index (χ3v) is 2.82. The molecule has 0 aliphatic rings. The van der Waals surface area contributed by atoms with E-state index in [1.165, 1.54) is 6.07 Å². The van der Waals surface area contributed by atoms with E-state index in [2.05, 4.69) is 0 Å². The van der Waals surface area contributed by atoms with E-state index in [9.17, 15) is 4.39 Å². The molecule has 4 heteroatoms. The number of fused-ring (bicyclic) bond motifs is 1. The lowest BCUT2D eigenvalue weighted by Gasteiger charge is -2.05. The van der Waals surface area contributed by atoms with Crippen molar-refractivity contribution >= 4 is 45.4 Å². The van der Waals surface area contributed by atoms with Gasteiger partial charge in [-0.1, -0.05) is 29.8 Å². The van der Waals surface area contributed by atoms with Gasteiger partial charge >= 0.3 is 0 Å². The molecular weight excluding hydrogens is 317 g/mol. The third-order valence-electron chi connectivity index (χ3n) is 1.98. The molecule has 0 atom stereocenters. The fourth-order valence-corrected chi connectivity index (χ4v) is 1.97. The zero-order valence-corrected chi connectivity index (χ0v) is 9.84. The lowest BCUT2D eigenvalue weighted by molar-refractivity contribution is 0.629. The molecule has 0 aromatic heterocycles. The number of benzene rings is 2. The van der Waals surface area contributed by atoms with Crippen LogP contribution in [0.25, 0.3) is 10.8 Å². The van der Waals surface area contributed by atoms with Gasteiger partial charge in [-0.3, -0.25) is 0 Å². The molecule has 2 aromatic rings. The van der Waals surface area contributed by atoms with Crippen LogP contribution in [0.3, 0.4) is 0 Å². The van der Waals surface area contributed by atoms with Crippen LogP contribution in [0.2, 0.25) is 5.02 Å². The Morgan fingerprint density at radius 1 is 1.21 bits per heavy atom. The predicted octanol–water partition coefficient (Wildman–Crippen LogP) is 4.36. The molecule has 0 N–H and O–H groups in total. The molecular formula is C10H5ClFIO. The summed E-state index contributed by atoms with van der Waals surface area (Å²) in [4.78, 5) is 0. The van der Waals surface area contributed by atoms with Gasteiger partial charge in [0.2, 0.25) is 0 Å². The second-order valence-electron chi connectivity index (χ2n) is 2.79. The van der Waals surface area contributed by atoms with Crippen LogP contribution in [0.4, 0.5) is 4.39 Å². The molecule has 0 heterocycles. The van der Waals surface area contributed by atoms with Gasteiger partial charge in [-0.15, -0.1) is 0 Å². The molecule has 0 saturated carbocycles. The van der Waals surface area contributed by atoms with Crippen molar-refractivity contribution in [3.05, 3.63) is 41.2 Å².